The molecule has 2 rings (SSSR count). The molecule has 0 amide bonds. The van der Waals surface area contributed by atoms with Gasteiger partial charge in [-0.25, -0.2) is 8.42 Å². The normalized spacial score (nSPS) is 11.4. The van der Waals surface area contributed by atoms with Crippen LogP contribution in [0.2, 0.25) is 0 Å². The minimum Gasteiger partial charge on any atom is -0.284 e. The summed E-state index contributed by atoms with van der Waals surface area (Å²) in [6, 6.07) is 5.33. The fourth-order valence-corrected chi connectivity index (χ4v) is 2.70. The first kappa shape index (κ1) is 12.1. The zero-order chi connectivity index (χ0) is 12.5. The van der Waals surface area contributed by atoms with Crippen LogP contribution in [0, 0.1) is 6.92 Å². The van der Waals surface area contributed by atoms with E-state index in [1.54, 1.807) is 12.1 Å². The number of nitrogens with zero attached hydrogens (tertiary/aromatic N) is 1. The van der Waals surface area contributed by atoms with Gasteiger partial charge in [0.25, 0.3) is 10.0 Å². The summed E-state index contributed by atoms with van der Waals surface area (Å²) in [5.74, 6) is 0. The number of benzene rings is 1. The van der Waals surface area contributed by atoms with E-state index in [4.69, 9.17) is 0 Å². The van der Waals surface area contributed by atoms with E-state index in [9.17, 15) is 8.42 Å². The summed E-state index contributed by atoms with van der Waals surface area (Å²) in [5, 5.41) is 6.09. The fraction of sp³-hybridized carbons (Fsp3) is 0.100. The maximum absolute atomic E-state index is 11.9. The Morgan fingerprint density at radius 1 is 1.41 bits per heavy atom. The second-order valence-corrected chi connectivity index (χ2v) is 5.99. The third kappa shape index (κ3) is 2.50. The molecule has 2 aromatic rings. The molecule has 1 heterocycles. The molecule has 0 spiro atoms. The second-order valence-electron chi connectivity index (χ2n) is 3.45. The highest BCUT2D eigenvalue weighted by Crippen LogP contribution is 2.25. The first-order valence-electron chi connectivity index (χ1n) is 4.77. The Labute approximate surface area is 107 Å². The van der Waals surface area contributed by atoms with Crippen molar-refractivity contribution in [3.63, 3.8) is 0 Å². The van der Waals surface area contributed by atoms with Crippen LogP contribution in [-0.4, -0.2) is 18.6 Å². The van der Waals surface area contributed by atoms with E-state index in [1.807, 2.05) is 13.0 Å². The smallest absolute Gasteiger partial charge is 0.265 e. The van der Waals surface area contributed by atoms with Gasteiger partial charge in [0, 0.05) is 10.7 Å². The minimum absolute atomic E-state index is 0.108. The maximum atomic E-state index is 11.9. The lowest BCUT2D eigenvalue weighted by Crippen LogP contribution is -2.13. The monoisotopic (exact) mass is 315 g/mol. The highest BCUT2D eigenvalue weighted by atomic mass is 79.9. The van der Waals surface area contributed by atoms with Gasteiger partial charge in [-0.15, -0.1) is 0 Å². The number of halogens is 1. The van der Waals surface area contributed by atoms with E-state index in [2.05, 4.69) is 30.8 Å². The predicted molar refractivity (Wildman–Crippen MR) is 68.3 cm³/mol. The largest absolute Gasteiger partial charge is 0.284 e. The average molecular weight is 316 g/mol. The van der Waals surface area contributed by atoms with Gasteiger partial charge in [-0.05, 0) is 24.6 Å². The molecule has 0 aliphatic rings. The molecule has 0 bridgehead atoms. The molecule has 1 aromatic heterocycles. The van der Waals surface area contributed by atoms with Gasteiger partial charge in [-0.2, -0.15) is 5.10 Å². The van der Waals surface area contributed by atoms with Crippen molar-refractivity contribution >= 4 is 31.6 Å². The Morgan fingerprint density at radius 3 is 2.82 bits per heavy atom. The van der Waals surface area contributed by atoms with Crippen LogP contribution in [0.15, 0.2) is 40.0 Å². The lowest BCUT2D eigenvalue weighted by molar-refractivity contribution is 0.601. The number of H-pyrrole nitrogens is 1. The Hall–Kier alpha value is -1.34. The van der Waals surface area contributed by atoms with Crippen molar-refractivity contribution in [1.29, 1.82) is 0 Å². The lowest BCUT2D eigenvalue weighted by Gasteiger charge is -2.10. The number of hydrogen-bond acceptors (Lipinski definition) is 3. The minimum atomic E-state index is -3.57. The van der Waals surface area contributed by atoms with Crippen molar-refractivity contribution in [2.75, 3.05) is 4.72 Å². The number of sulfonamides is 1. The molecule has 0 atom stereocenters. The van der Waals surface area contributed by atoms with Crippen LogP contribution < -0.4 is 4.72 Å². The summed E-state index contributed by atoms with van der Waals surface area (Å²) in [7, 11) is -3.57. The van der Waals surface area contributed by atoms with Gasteiger partial charge in [0.05, 0.1) is 11.9 Å². The molecule has 2 N–H and O–H groups in total. The Kier molecular flexibility index (Phi) is 3.21. The number of hydrogen-bond donors (Lipinski definition) is 2. The van der Waals surface area contributed by atoms with E-state index in [-0.39, 0.29) is 4.90 Å². The first-order chi connectivity index (χ1) is 8.00. The Balaban J connectivity index is 2.37. The average Bonchev–Trinajstić information content (AvgIpc) is 2.78. The zero-order valence-corrected chi connectivity index (χ0v) is 11.3. The van der Waals surface area contributed by atoms with Crippen molar-refractivity contribution < 1.29 is 8.42 Å². The maximum Gasteiger partial charge on any atom is 0.265 e. The van der Waals surface area contributed by atoms with Gasteiger partial charge < -0.3 is 0 Å². The fourth-order valence-electron chi connectivity index (χ4n) is 1.31. The molecule has 17 heavy (non-hydrogen) atoms. The van der Waals surface area contributed by atoms with Gasteiger partial charge in [-0.1, -0.05) is 22.0 Å². The van der Waals surface area contributed by atoms with Crippen molar-refractivity contribution in [2.45, 2.75) is 11.8 Å². The van der Waals surface area contributed by atoms with Crippen molar-refractivity contribution in [3.8, 4) is 0 Å². The van der Waals surface area contributed by atoms with Gasteiger partial charge in [0.15, 0.2) is 0 Å². The standard InChI is InChI=1S/C10H10BrN3O2S/c1-7-9(11)3-2-4-10(7)14-17(15,16)8-5-12-13-6-8/h2-6,14H,1H3,(H,12,13). The molecular weight excluding hydrogens is 306 g/mol. The molecule has 0 fully saturated rings. The summed E-state index contributed by atoms with van der Waals surface area (Å²) in [5.41, 5.74) is 1.38. The van der Waals surface area contributed by atoms with Crippen LogP contribution in [0.4, 0.5) is 5.69 Å². The summed E-state index contributed by atoms with van der Waals surface area (Å²) in [6.45, 7) is 1.83. The Bertz CT molecular complexity index is 623. The molecule has 90 valence electrons. The van der Waals surface area contributed by atoms with Gasteiger partial charge in [0.2, 0.25) is 0 Å². The summed E-state index contributed by atoms with van der Waals surface area (Å²) in [4.78, 5) is 0.108. The quantitative estimate of drug-likeness (QED) is 0.912. The predicted octanol–water partition coefficient (Wildman–Crippen LogP) is 2.28. The number of rotatable bonds is 3. The van der Waals surface area contributed by atoms with Crippen molar-refractivity contribution in [3.05, 3.63) is 40.6 Å². The number of aromatic amines is 1. The van der Waals surface area contributed by atoms with E-state index in [1.165, 1.54) is 12.4 Å². The number of nitrogens with one attached hydrogen (secondary N) is 2. The van der Waals surface area contributed by atoms with Crippen molar-refractivity contribution in [1.82, 2.24) is 10.2 Å². The molecule has 0 saturated carbocycles. The molecule has 1 aromatic carbocycles. The zero-order valence-electron chi connectivity index (χ0n) is 8.94. The van der Waals surface area contributed by atoms with Crippen LogP contribution in [0.3, 0.4) is 0 Å². The van der Waals surface area contributed by atoms with Gasteiger partial charge >= 0.3 is 0 Å². The van der Waals surface area contributed by atoms with Crippen molar-refractivity contribution in [2.24, 2.45) is 0 Å². The van der Waals surface area contributed by atoms with Crippen LogP contribution >= 0.6 is 15.9 Å². The second kappa shape index (κ2) is 4.50. The SMILES string of the molecule is Cc1c(Br)cccc1NS(=O)(=O)c1cn[nH]c1. The van der Waals surface area contributed by atoms with Crippen LogP contribution in [-0.2, 0) is 10.0 Å². The molecule has 0 aliphatic heterocycles. The highest BCUT2D eigenvalue weighted by Gasteiger charge is 2.16. The van der Waals surface area contributed by atoms with Gasteiger partial charge in [-0.3, -0.25) is 9.82 Å². The van der Waals surface area contributed by atoms with Crippen LogP contribution in [0.5, 0.6) is 0 Å². The van der Waals surface area contributed by atoms with Gasteiger partial charge in [0.1, 0.15) is 4.90 Å². The van der Waals surface area contributed by atoms with E-state index < -0.39 is 10.0 Å². The van der Waals surface area contributed by atoms with Crippen LogP contribution in [0.1, 0.15) is 5.56 Å². The molecule has 0 unspecified atom stereocenters. The summed E-state index contributed by atoms with van der Waals surface area (Å²) >= 11 is 3.35. The lowest BCUT2D eigenvalue weighted by atomic mass is 10.2. The third-order valence-corrected chi connectivity index (χ3v) is 4.49. The van der Waals surface area contributed by atoms with E-state index >= 15 is 0 Å². The molecule has 5 nitrogen and oxygen atoms in total. The summed E-state index contributed by atoms with van der Waals surface area (Å²) < 4.78 is 27.2. The number of aromatic nitrogens is 2. The molecule has 0 aliphatic carbocycles. The molecule has 0 saturated heterocycles. The highest BCUT2D eigenvalue weighted by molar-refractivity contribution is 9.10. The third-order valence-electron chi connectivity index (χ3n) is 2.30. The van der Waals surface area contributed by atoms with Crippen LogP contribution in [0.25, 0.3) is 0 Å². The molecule has 0 radical (unpaired) electrons. The molecular formula is C10H10BrN3O2S. The first-order valence-corrected chi connectivity index (χ1v) is 7.05. The topological polar surface area (TPSA) is 74.8 Å². The molecule has 7 heteroatoms. The van der Waals surface area contributed by atoms with E-state index in [0.29, 0.717) is 5.69 Å². The van der Waals surface area contributed by atoms with E-state index in [0.717, 1.165) is 10.0 Å². The summed E-state index contributed by atoms with van der Waals surface area (Å²) in [6.07, 6.45) is 2.59. The Morgan fingerprint density at radius 2 is 2.18 bits per heavy atom. The number of anilines is 1.